The van der Waals surface area contributed by atoms with E-state index in [1.54, 1.807) is 36.4 Å². The minimum atomic E-state index is -3.34. The first-order chi connectivity index (χ1) is 13.3. The Morgan fingerprint density at radius 3 is 2.36 bits per heavy atom. The Bertz CT molecular complexity index is 1140. The number of benzene rings is 2. The Morgan fingerprint density at radius 1 is 1.04 bits per heavy atom. The van der Waals surface area contributed by atoms with Gasteiger partial charge in [0.15, 0.2) is 9.84 Å². The fourth-order valence-electron chi connectivity index (χ4n) is 3.68. The molecule has 1 amide bonds. The van der Waals surface area contributed by atoms with Crippen LogP contribution in [0.25, 0.3) is 10.9 Å². The van der Waals surface area contributed by atoms with Gasteiger partial charge in [0.2, 0.25) is 0 Å². The number of carbonyl (C=O) groups is 1. The Labute approximate surface area is 163 Å². The Morgan fingerprint density at radius 2 is 1.71 bits per heavy atom. The molecule has 7 heteroatoms. The van der Waals surface area contributed by atoms with E-state index < -0.39 is 9.84 Å². The third kappa shape index (κ3) is 3.54. The maximum Gasteiger partial charge on any atom is 0.270 e. The first-order valence-corrected chi connectivity index (χ1v) is 11.1. The zero-order chi connectivity index (χ0) is 19.9. The zero-order valence-electron chi connectivity index (χ0n) is 15.6. The second-order valence-corrected chi connectivity index (χ2v) is 9.25. The molecule has 0 N–H and O–H groups in total. The molecule has 0 spiro atoms. The maximum atomic E-state index is 13.3. The number of hydrogen-bond acceptors (Lipinski definition) is 3. The van der Waals surface area contributed by atoms with E-state index in [9.17, 15) is 17.6 Å². The van der Waals surface area contributed by atoms with Gasteiger partial charge >= 0.3 is 0 Å². The molecule has 0 atom stereocenters. The highest BCUT2D eigenvalue weighted by Crippen LogP contribution is 2.26. The van der Waals surface area contributed by atoms with Crippen molar-refractivity contribution < 1.29 is 17.6 Å². The lowest BCUT2D eigenvalue weighted by Crippen LogP contribution is -2.29. The van der Waals surface area contributed by atoms with E-state index in [0.29, 0.717) is 17.6 Å². The van der Waals surface area contributed by atoms with E-state index in [4.69, 9.17) is 0 Å². The van der Waals surface area contributed by atoms with Gasteiger partial charge in [-0.15, -0.1) is 0 Å². The van der Waals surface area contributed by atoms with Gasteiger partial charge in [-0.1, -0.05) is 12.1 Å². The number of amides is 1. The number of halogens is 1. The first kappa shape index (κ1) is 18.7. The molecule has 3 aromatic rings. The SMILES string of the molecule is CS(=O)(=O)c1ccc2c(c1)cc(C(=O)N1CCCC1)n2Cc1ccc(F)cc1. The lowest BCUT2D eigenvalue weighted by atomic mass is 10.2. The van der Waals surface area contributed by atoms with Crippen LogP contribution >= 0.6 is 0 Å². The van der Waals surface area contributed by atoms with E-state index in [0.717, 1.165) is 37.0 Å². The van der Waals surface area contributed by atoms with Crippen molar-refractivity contribution in [2.75, 3.05) is 19.3 Å². The van der Waals surface area contributed by atoms with Gasteiger partial charge in [0, 0.05) is 36.8 Å². The average molecular weight is 400 g/mol. The maximum absolute atomic E-state index is 13.3. The summed E-state index contributed by atoms with van der Waals surface area (Å²) in [6.07, 6.45) is 3.14. The molecule has 146 valence electrons. The van der Waals surface area contributed by atoms with Crippen LogP contribution in [0.15, 0.2) is 53.4 Å². The van der Waals surface area contributed by atoms with Crippen LogP contribution in [0.3, 0.4) is 0 Å². The highest BCUT2D eigenvalue weighted by atomic mass is 32.2. The van der Waals surface area contributed by atoms with Gasteiger partial charge in [-0.25, -0.2) is 12.8 Å². The smallest absolute Gasteiger partial charge is 0.270 e. The molecular weight excluding hydrogens is 379 g/mol. The van der Waals surface area contributed by atoms with Crippen LogP contribution in [0, 0.1) is 5.82 Å². The molecular formula is C21H21FN2O3S. The molecule has 1 aliphatic rings. The summed E-state index contributed by atoms with van der Waals surface area (Å²) in [5.74, 6) is -0.371. The minimum absolute atomic E-state index is 0.0586. The molecule has 0 saturated carbocycles. The van der Waals surface area contributed by atoms with Crippen molar-refractivity contribution in [3.63, 3.8) is 0 Å². The fourth-order valence-corrected chi connectivity index (χ4v) is 4.34. The molecule has 0 bridgehead atoms. The van der Waals surface area contributed by atoms with E-state index in [1.165, 1.54) is 18.4 Å². The van der Waals surface area contributed by atoms with Crippen molar-refractivity contribution in [2.45, 2.75) is 24.3 Å². The van der Waals surface area contributed by atoms with Crippen LogP contribution in [0.4, 0.5) is 4.39 Å². The average Bonchev–Trinajstić information content (AvgIpc) is 3.30. The molecule has 0 aliphatic carbocycles. The van der Waals surface area contributed by atoms with Crippen molar-refractivity contribution in [2.24, 2.45) is 0 Å². The molecule has 1 fully saturated rings. The minimum Gasteiger partial charge on any atom is -0.337 e. The summed E-state index contributed by atoms with van der Waals surface area (Å²) in [6, 6.07) is 12.8. The Kier molecular flexibility index (Phi) is 4.71. The van der Waals surface area contributed by atoms with Gasteiger partial charge in [0.1, 0.15) is 11.5 Å². The Hall–Kier alpha value is -2.67. The standard InChI is InChI=1S/C21H21FN2O3S/c1-28(26,27)18-8-9-19-16(12-18)13-20(21(25)23-10-2-3-11-23)24(19)14-15-4-6-17(22)7-5-15/h4-9,12-13H,2-3,10-11,14H2,1H3. The van der Waals surface area contributed by atoms with E-state index in [-0.39, 0.29) is 16.6 Å². The first-order valence-electron chi connectivity index (χ1n) is 9.20. The predicted molar refractivity (Wildman–Crippen MR) is 106 cm³/mol. The summed E-state index contributed by atoms with van der Waals surface area (Å²) in [5.41, 5.74) is 2.16. The van der Waals surface area contributed by atoms with Gasteiger partial charge in [-0.2, -0.15) is 0 Å². The summed E-state index contributed by atoms with van der Waals surface area (Å²) in [6.45, 7) is 1.86. The molecule has 2 aromatic carbocycles. The third-order valence-electron chi connectivity index (χ3n) is 5.17. The number of likely N-dealkylation sites (tertiary alicyclic amines) is 1. The van der Waals surface area contributed by atoms with Gasteiger partial charge in [0.05, 0.1) is 4.90 Å². The number of carbonyl (C=O) groups excluding carboxylic acids is 1. The second kappa shape index (κ2) is 7.05. The molecule has 5 nitrogen and oxygen atoms in total. The lowest BCUT2D eigenvalue weighted by molar-refractivity contribution is 0.0783. The number of fused-ring (bicyclic) bond motifs is 1. The largest absolute Gasteiger partial charge is 0.337 e. The highest BCUT2D eigenvalue weighted by Gasteiger charge is 2.24. The molecule has 2 heterocycles. The van der Waals surface area contributed by atoms with Crippen LogP contribution in [-0.2, 0) is 16.4 Å². The number of aromatic nitrogens is 1. The molecule has 28 heavy (non-hydrogen) atoms. The van der Waals surface area contributed by atoms with Crippen molar-refractivity contribution in [3.8, 4) is 0 Å². The molecule has 1 aliphatic heterocycles. The molecule has 1 aromatic heterocycles. The number of hydrogen-bond donors (Lipinski definition) is 0. The van der Waals surface area contributed by atoms with Crippen molar-refractivity contribution in [1.82, 2.24) is 9.47 Å². The monoisotopic (exact) mass is 400 g/mol. The second-order valence-electron chi connectivity index (χ2n) is 7.23. The quantitative estimate of drug-likeness (QED) is 0.674. The lowest BCUT2D eigenvalue weighted by Gasteiger charge is -2.17. The van der Waals surface area contributed by atoms with Gasteiger partial charge in [-0.05, 0) is 54.8 Å². The summed E-state index contributed by atoms with van der Waals surface area (Å²) >= 11 is 0. The number of nitrogens with zero attached hydrogens (tertiary/aromatic N) is 2. The van der Waals surface area contributed by atoms with Gasteiger partial charge in [0.25, 0.3) is 5.91 Å². The van der Waals surface area contributed by atoms with E-state index in [1.807, 2.05) is 9.47 Å². The summed E-state index contributed by atoms with van der Waals surface area (Å²) in [4.78, 5) is 15.1. The van der Waals surface area contributed by atoms with Crippen LogP contribution in [0.5, 0.6) is 0 Å². The van der Waals surface area contributed by atoms with Crippen molar-refractivity contribution >= 4 is 26.6 Å². The third-order valence-corrected chi connectivity index (χ3v) is 6.28. The van der Waals surface area contributed by atoms with E-state index in [2.05, 4.69) is 0 Å². The Balaban J connectivity index is 1.84. The summed E-state index contributed by atoms with van der Waals surface area (Å²) < 4.78 is 39.0. The summed E-state index contributed by atoms with van der Waals surface area (Å²) in [5, 5.41) is 0.701. The van der Waals surface area contributed by atoms with Crippen molar-refractivity contribution in [3.05, 3.63) is 65.6 Å². The predicted octanol–water partition coefficient (Wildman–Crippen LogP) is 3.47. The van der Waals surface area contributed by atoms with E-state index >= 15 is 0 Å². The normalized spacial score (nSPS) is 14.7. The molecule has 0 radical (unpaired) electrons. The van der Waals surface area contributed by atoms with Crippen molar-refractivity contribution in [1.29, 1.82) is 0 Å². The van der Waals surface area contributed by atoms with Gasteiger partial charge in [-0.3, -0.25) is 4.79 Å². The summed E-state index contributed by atoms with van der Waals surface area (Å²) in [7, 11) is -3.34. The van der Waals surface area contributed by atoms with Crippen LogP contribution < -0.4 is 0 Å². The molecule has 4 rings (SSSR count). The topological polar surface area (TPSA) is 59.4 Å². The number of sulfone groups is 1. The van der Waals surface area contributed by atoms with Crippen LogP contribution in [0.2, 0.25) is 0 Å². The van der Waals surface area contributed by atoms with Crippen LogP contribution in [0.1, 0.15) is 28.9 Å². The fraction of sp³-hybridized carbons (Fsp3) is 0.286. The van der Waals surface area contributed by atoms with Crippen LogP contribution in [-0.4, -0.2) is 43.1 Å². The number of rotatable bonds is 4. The highest BCUT2D eigenvalue weighted by molar-refractivity contribution is 7.90. The molecule has 0 unspecified atom stereocenters. The molecule has 1 saturated heterocycles. The zero-order valence-corrected chi connectivity index (χ0v) is 16.4. The van der Waals surface area contributed by atoms with Gasteiger partial charge < -0.3 is 9.47 Å².